The second kappa shape index (κ2) is 6.64. The van der Waals surface area contributed by atoms with Crippen LogP contribution in [0.1, 0.15) is 30.6 Å². The molecule has 124 valence electrons. The standard InChI is InChI=1S/C15H20N4O4/c1-9(2)18-8-11(7-14(18)20)17-12-5-4-10(15(21)16-3)6-13(12)19(22)23/h4-6,9,11,17H,7-8H2,1-3H3,(H,16,21)/t11-/m1/s1. The van der Waals surface area contributed by atoms with E-state index in [1.807, 2.05) is 13.8 Å². The first-order valence-electron chi connectivity index (χ1n) is 7.40. The molecule has 2 N–H and O–H groups in total. The van der Waals surface area contributed by atoms with Crippen molar-refractivity contribution in [2.24, 2.45) is 0 Å². The number of nitrogens with zero attached hydrogens (tertiary/aromatic N) is 2. The topological polar surface area (TPSA) is 105 Å². The van der Waals surface area contributed by atoms with Gasteiger partial charge in [-0.2, -0.15) is 0 Å². The Hall–Kier alpha value is -2.64. The second-order valence-electron chi connectivity index (χ2n) is 5.75. The molecular formula is C15H20N4O4. The molecule has 2 amide bonds. The van der Waals surface area contributed by atoms with E-state index in [-0.39, 0.29) is 35.1 Å². The number of nitrogens with one attached hydrogen (secondary N) is 2. The molecule has 0 spiro atoms. The highest BCUT2D eigenvalue weighted by Gasteiger charge is 2.32. The molecule has 0 saturated carbocycles. The summed E-state index contributed by atoms with van der Waals surface area (Å²) in [6.07, 6.45) is 0.298. The van der Waals surface area contributed by atoms with Gasteiger partial charge in [-0.05, 0) is 26.0 Å². The number of nitro groups is 1. The Bertz CT molecular complexity index is 644. The van der Waals surface area contributed by atoms with Gasteiger partial charge in [0.25, 0.3) is 11.6 Å². The predicted molar refractivity (Wildman–Crippen MR) is 85.4 cm³/mol. The second-order valence-corrected chi connectivity index (χ2v) is 5.75. The molecule has 23 heavy (non-hydrogen) atoms. The van der Waals surface area contributed by atoms with Crippen LogP contribution >= 0.6 is 0 Å². The van der Waals surface area contributed by atoms with Crippen molar-refractivity contribution in [2.75, 3.05) is 18.9 Å². The molecule has 0 unspecified atom stereocenters. The van der Waals surface area contributed by atoms with Crippen molar-refractivity contribution < 1.29 is 14.5 Å². The highest BCUT2D eigenvalue weighted by molar-refractivity contribution is 5.95. The van der Waals surface area contributed by atoms with Crippen molar-refractivity contribution in [1.82, 2.24) is 10.2 Å². The van der Waals surface area contributed by atoms with E-state index in [2.05, 4.69) is 10.6 Å². The van der Waals surface area contributed by atoms with E-state index in [4.69, 9.17) is 0 Å². The zero-order valence-electron chi connectivity index (χ0n) is 13.3. The summed E-state index contributed by atoms with van der Waals surface area (Å²) in [4.78, 5) is 36.0. The molecule has 0 bridgehead atoms. The Labute approximate surface area is 134 Å². The molecule has 8 nitrogen and oxygen atoms in total. The molecule has 2 rings (SSSR count). The minimum absolute atomic E-state index is 0.0298. The molecule has 0 aliphatic carbocycles. The molecular weight excluding hydrogens is 300 g/mol. The normalized spacial score (nSPS) is 17.5. The number of carbonyl (C=O) groups is 2. The van der Waals surface area contributed by atoms with Crippen molar-refractivity contribution >= 4 is 23.2 Å². The van der Waals surface area contributed by atoms with Gasteiger partial charge in [0, 0.05) is 37.7 Å². The number of hydrogen-bond donors (Lipinski definition) is 2. The van der Waals surface area contributed by atoms with Gasteiger partial charge in [0.15, 0.2) is 0 Å². The molecule has 1 aromatic rings. The molecule has 1 fully saturated rings. The van der Waals surface area contributed by atoms with Gasteiger partial charge in [-0.3, -0.25) is 19.7 Å². The lowest BCUT2D eigenvalue weighted by Crippen LogP contribution is -2.33. The fraction of sp³-hybridized carbons (Fsp3) is 0.467. The quantitative estimate of drug-likeness (QED) is 0.630. The lowest BCUT2D eigenvalue weighted by molar-refractivity contribution is -0.384. The highest BCUT2D eigenvalue weighted by Crippen LogP contribution is 2.28. The van der Waals surface area contributed by atoms with Crippen molar-refractivity contribution in [2.45, 2.75) is 32.4 Å². The number of rotatable bonds is 5. The summed E-state index contributed by atoms with van der Waals surface area (Å²) in [6, 6.07) is 4.17. The molecule has 1 atom stereocenters. The zero-order valence-corrected chi connectivity index (χ0v) is 13.3. The van der Waals surface area contributed by atoms with Crippen molar-refractivity contribution in [1.29, 1.82) is 0 Å². The Morgan fingerprint density at radius 2 is 2.13 bits per heavy atom. The van der Waals surface area contributed by atoms with Gasteiger partial charge in [0.2, 0.25) is 5.91 Å². The highest BCUT2D eigenvalue weighted by atomic mass is 16.6. The molecule has 0 radical (unpaired) electrons. The Morgan fingerprint density at radius 1 is 1.43 bits per heavy atom. The summed E-state index contributed by atoms with van der Waals surface area (Å²) in [7, 11) is 1.46. The zero-order chi connectivity index (χ0) is 17.1. The SMILES string of the molecule is CNC(=O)c1ccc(N[C@@H]2CC(=O)N(C(C)C)C2)c([N+](=O)[O-])c1. The lowest BCUT2D eigenvalue weighted by Gasteiger charge is -2.21. The van der Waals surface area contributed by atoms with Crippen LogP contribution in [-0.2, 0) is 4.79 Å². The van der Waals surface area contributed by atoms with Crippen LogP contribution < -0.4 is 10.6 Å². The maximum atomic E-state index is 11.9. The van der Waals surface area contributed by atoms with E-state index in [0.29, 0.717) is 18.7 Å². The van der Waals surface area contributed by atoms with Crippen molar-refractivity contribution in [3.8, 4) is 0 Å². The average Bonchev–Trinajstić information content (AvgIpc) is 2.87. The number of nitro benzene ring substituents is 1. The molecule has 0 aromatic heterocycles. The van der Waals surface area contributed by atoms with Gasteiger partial charge < -0.3 is 15.5 Å². The number of carbonyl (C=O) groups excluding carboxylic acids is 2. The molecule has 1 heterocycles. The molecule has 8 heteroatoms. The van der Waals surface area contributed by atoms with Crippen LogP contribution in [0, 0.1) is 10.1 Å². The van der Waals surface area contributed by atoms with Crippen LogP contribution in [0.15, 0.2) is 18.2 Å². The Kier molecular flexibility index (Phi) is 4.83. The summed E-state index contributed by atoms with van der Waals surface area (Å²) >= 11 is 0. The summed E-state index contributed by atoms with van der Waals surface area (Å²) < 4.78 is 0. The fourth-order valence-electron chi connectivity index (χ4n) is 2.64. The first-order chi connectivity index (χ1) is 10.8. The van der Waals surface area contributed by atoms with E-state index in [1.165, 1.54) is 25.2 Å². The predicted octanol–water partition coefficient (Wildman–Crippen LogP) is 1.38. The van der Waals surface area contributed by atoms with E-state index >= 15 is 0 Å². The lowest BCUT2D eigenvalue weighted by atomic mass is 10.1. The average molecular weight is 320 g/mol. The van der Waals surface area contributed by atoms with Crippen LogP contribution in [0.4, 0.5) is 11.4 Å². The van der Waals surface area contributed by atoms with Crippen LogP contribution in [0.2, 0.25) is 0 Å². The fourth-order valence-corrected chi connectivity index (χ4v) is 2.64. The van der Waals surface area contributed by atoms with E-state index in [0.717, 1.165) is 0 Å². The number of likely N-dealkylation sites (tertiary alicyclic amines) is 1. The third-order valence-electron chi connectivity index (χ3n) is 3.83. The van der Waals surface area contributed by atoms with E-state index in [1.54, 1.807) is 4.90 Å². The minimum Gasteiger partial charge on any atom is -0.374 e. The first-order valence-corrected chi connectivity index (χ1v) is 7.40. The summed E-state index contributed by atoms with van der Waals surface area (Å²) in [5, 5.41) is 16.7. The number of hydrogen-bond acceptors (Lipinski definition) is 5. The largest absolute Gasteiger partial charge is 0.374 e. The van der Waals surface area contributed by atoms with E-state index < -0.39 is 4.92 Å². The van der Waals surface area contributed by atoms with Gasteiger partial charge in [0.05, 0.1) is 11.0 Å². The number of anilines is 1. The molecule has 1 aromatic carbocycles. The van der Waals surface area contributed by atoms with Gasteiger partial charge in [0.1, 0.15) is 5.69 Å². The van der Waals surface area contributed by atoms with Gasteiger partial charge in [-0.15, -0.1) is 0 Å². The van der Waals surface area contributed by atoms with Crippen LogP contribution in [-0.4, -0.2) is 47.3 Å². The van der Waals surface area contributed by atoms with Crippen LogP contribution in [0.25, 0.3) is 0 Å². The van der Waals surface area contributed by atoms with E-state index in [9.17, 15) is 19.7 Å². The third kappa shape index (κ3) is 3.58. The molecule has 1 saturated heterocycles. The van der Waals surface area contributed by atoms with Crippen molar-refractivity contribution in [3.63, 3.8) is 0 Å². The Morgan fingerprint density at radius 3 is 2.65 bits per heavy atom. The summed E-state index contributed by atoms with van der Waals surface area (Å²) in [5.41, 5.74) is 0.351. The molecule has 1 aliphatic rings. The third-order valence-corrected chi connectivity index (χ3v) is 3.83. The van der Waals surface area contributed by atoms with Crippen LogP contribution in [0.5, 0.6) is 0 Å². The van der Waals surface area contributed by atoms with Crippen molar-refractivity contribution in [3.05, 3.63) is 33.9 Å². The van der Waals surface area contributed by atoms with Gasteiger partial charge in [-0.1, -0.05) is 0 Å². The van der Waals surface area contributed by atoms with Gasteiger partial charge in [-0.25, -0.2) is 0 Å². The monoisotopic (exact) mass is 320 g/mol. The van der Waals surface area contributed by atoms with Gasteiger partial charge >= 0.3 is 0 Å². The maximum Gasteiger partial charge on any atom is 0.293 e. The first kappa shape index (κ1) is 16.7. The Balaban J connectivity index is 2.22. The molecule has 1 aliphatic heterocycles. The number of amides is 2. The number of benzene rings is 1. The van der Waals surface area contributed by atoms with Crippen LogP contribution in [0.3, 0.4) is 0 Å². The minimum atomic E-state index is -0.536. The summed E-state index contributed by atoms with van der Waals surface area (Å²) in [6.45, 7) is 4.37. The smallest absolute Gasteiger partial charge is 0.293 e. The summed E-state index contributed by atoms with van der Waals surface area (Å²) in [5.74, 6) is -0.358. The maximum absolute atomic E-state index is 11.9.